The normalized spacial score (nSPS) is 17.3. The molecule has 0 atom stereocenters. The van der Waals surface area contributed by atoms with Crippen molar-refractivity contribution in [1.82, 2.24) is 14.7 Å². The maximum absolute atomic E-state index is 13.8. The molecule has 3 heterocycles. The average Bonchev–Trinajstić information content (AvgIpc) is 3.55. The summed E-state index contributed by atoms with van der Waals surface area (Å²) in [6.45, 7) is 7.28. The van der Waals surface area contributed by atoms with E-state index < -0.39 is 0 Å². The van der Waals surface area contributed by atoms with E-state index in [4.69, 9.17) is 9.47 Å². The number of halogens is 1. The van der Waals surface area contributed by atoms with Gasteiger partial charge < -0.3 is 14.4 Å². The standard InChI is InChI=1S/C32H30FN3O3/c33-25-8-6-23(7-9-25)31-26-18-30-29(38-21-39-30)17-24(26)16-27-28(31)20-36(32(27)37)15-14-34-10-12-35(13-11-34)19-22-4-2-1-3-5-22/h1-9,16-18H,10-15,19-21H2. The summed E-state index contributed by atoms with van der Waals surface area (Å²) in [4.78, 5) is 20.5. The van der Waals surface area contributed by atoms with Gasteiger partial charge in [-0.25, -0.2) is 4.39 Å². The molecule has 7 heteroatoms. The monoisotopic (exact) mass is 523 g/mol. The van der Waals surface area contributed by atoms with Crippen molar-refractivity contribution in [3.63, 3.8) is 0 Å². The predicted octanol–water partition coefficient (Wildman–Crippen LogP) is 5.15. The van der Waals surface area contributed by atoms with Crippen molar-refractivity contribution in [3.8, 4) is 22.6 Å². The van der Waals surface area contributed by atoms with Gasteiger partial charge in [0, 0.05) is 57.9 Å². The highest BCUT2D eigenvalue weighted by molar-refractivity contribution is 6.09. The number of rotatable bonds is 6. The Bertz CT molecular complexity index is 1530. The smallest absolute Gasteiger partial charge is 0.254 e. The number of amides is 1. The highest BCUT2D eigenvalue weighted by Crippen LogP contribution is 2.44. The number of hydrogen-bond acceptors (Lipinski definition) is 5. The van der Waals surface area contributed by atoms with E-state index in [1.165, 1.54) is 17.7 Å². The maximum Gasteiger partial charge on any atom is 0.254 e. The lowest BCUT2D eigenvalue weighted by Gasteiger charge is -2.35. The Morgan fingerprint density at radius 3 is 2.28 bits per heavy atom. The summed E-state index contributed by atoms with van der Waals surface area (Å²) in [6, 6.07) is 23.0. The SMILES string of the molecule is O=C1c2cc3cc4c(cc3c(-c3ccc(F)cc3)c2CN1CCN1CCN(Cc2ccccc2)CC1)OCO4. The van der Waals surface area contributed by atoms with E-state index in [1.54, 1.807) is 12.1 Å². The molecule has 0 radical (unpaired) electrons. The van der Waals surface area contributed by atoms with E-state index in [9.17, 15) is 9.18 Å². The molecule has 0 N–H and O–H groups in total. The van der Waals surface area contributed by atoms with Gasteiger partial charge in [0.1, 0.15) is 5.82 Å². The molecule has 39 heavy (non-hydrogen) atoms. The summed E-state index contributed by atoms with van der Waals surface area (Å²) in [5.74, 6) is 1.14. The molecule has 0 unspecified atom stereocenters. The quantitative estimate of drug-likeness (QED) is 0.350. The molecule has 4 aromatic carbocycles. The van der Waals surface area contributed by atoms with E-state index in [0.717, 1.165) is 66.7 Å². The van der Waals surface area contributed by atoms with Gasteiger partial charge in [0.15, 0.2) is 11.5 Å². The van der Waals surface area contributed by atoms with Crippen LogP contribution in [-0.4, -0.2) is 66.7 Å². The van der Waals surface area contributed by atoms with Crippen LogP contribution in [0.4, 0.5) is 4.39 Å². The van der Waals surface area contributed by atoms with Crippen molar-refractivity contribution >= 4 is 16.7 Å². The highest BCUT2D eigenvalue weighted by Gasteiger charge is 2.32. The molecule has 0 spiro atoms. The van der Waals surface area contributed by atoms with Crippen LogP contribution >= 0.6 is 0 Å². The van der Waals surface area contributed by atoms with Crippen LogP contribution in [0.1, 0.15) is 21.5 Å². The average molecular weight is 524 g/mol. The molecule has 1 amide bonds. The van der Waals surface area contributed by atoms with Gasteiger partial charge in [-0.3, -0.25) is 14.6 Å². The Morgan fingerprint density at radius 2 is 1.51 bits per heavy atom. The highest BCUT2D eigenvalue weighted by atomic mass is 19.1. The van der Waals surface area contributed by atoms with Crippen LogP contribution in [0.5, 0.6) is 11.5 Å². The number of nitrogens with zero attached hydrogens (tertiary/aromatic N) is 3. The van der Waals surface area contributed by atoms with Crippen LogP contribution in [0.3, 0.4) is 0 Å². The van der Waals surface area contributed by atoms with Crippen LogP contribution < -0.4 is 9.47 Å². The molecule has 1 fully saturated rings. The van der Waals surface area contributed by atoms with Crippen molar-refractivity contribution in [2.75, 3.05) is 46.1 Å². The second kappa shape index (κ2) is 9.98. The van der Waals surface area contributed by atoms with E-state index >= 15 is 0 Å². The van der Waals surface area contributed by atoms with Crippen molar-refractivity contribution in [3.05, 3.63) is 95.3 Å². The Hall–Kier alpha value is -3.94. The number of carbonyl (C=O) groups excluding carboxylic acids is 1. The Labute approximate surface area is 227 Å². The zero-order chi connectivity index (χ0) is 26.3. The molecule has 1 saturated heterocycles. The molecule has 198 valence electrons. The van der Waals surface area contributed by atoms with E-state index in [2.05, 4.69) is 40.1 Å². The third-order valence-electron chi connectivity index (χ3n) is 8.14. The summed E-state index contributed by atoms with van der Waals surface area (Å²) in [5.41, 5.74) is 4.91. The molecule has 3 aliphatic rings. The Morgan fingerprint density at radius 1 is 0.795 bits per heavy atom. The molecule has 0 bridgehead atoms. The first-order chi connectivity index (χ1) is 19.1. The minimum atomic E-state index is -0.283. The summed E-state index contributed by atoms with van der Waals surface area (Å²) < 4.78 is 25.1. The summed E-state index contributed by atoms with van der Waals surface area (Å²) in [6.07, 6.45) is 0. The third-order valence-corrected chi connectivity index (χ3v) is 8.14. The van der Waals surface area contributed by atoms with E-state index in [-0.39, 0.29) is 18.5 Å². The second-order valence-electron chi connectivity index (χ2n) is 10.5. The molecule has 0 aliphatic carbocycles. The lowest BCUT2D eigenvalue weighted by molar-refractivity contribution is 0.0725. The molecule has 6 nitrogen and oxygen atoms in total. The van der Waals surface area contributed by atoms with Gasteiger partial charge in [-0.05, 0) is 63.4 Å². The molecular weight excluding hydrogens is 493 g/mol. The Balaban J connectivity index is 1.10. The minimum absolute atomic E-state index is 0.0515. The van der Waals surface area contributed by atoms with Gasteiger partial charge in [0.25, 0.3) is 5.91 Å². The first-order valence-electron chi connectivity index (χ1n) is 13.6. The lowest BCUT2D eigenvalue weighted by Crippen LogP contribution is -2.48. The molecule has 7 rings (SSSR count). The van der Waals surface area contributed by atoms with E-state index in [0.29, 0.717) is 30.2 Å². The second-order valence-corrected chi connectivity index (χ2v) is 10.5. The molecule has 3 aliphatic heterocycles. The number of fused-ring (bicyclic) bond motifs is 3. The number of ether oxygens (including phenoxy) is 2. The number of hydrogen-bond donors (Lipinski definition) is 0. The third kappa shape index (κ3) is 4.62. The van der Waals surface area contributed by atoms with Crippen molar-refractivity contribution < 1.29 is 18.7 Å². The van der Waals surface area contributed by atoms with Gasteiger partial charge in [-0.1, -0.05) is 42.5 Å². The zero-order valence-corrected chi connectivity index (χ0v) is 21.7. The number of carbonyl (C=O) groups is 1. The first kappa shape index (κ1) is 24.1. The summed E-state index contributed by atoms with van der Waals surface area (Å²) in [7, 11) is 0. The topological polar surface area (TPSA) is 45.3 Å². The van der Waals surface area contributed by atoms with Crippen LogP contribution in [0.2, 0.25) is 0 Å². The van der Waals surface area contributed by atoms with Crippen molar-refractivity contribution in [2.45, 2.75) is 13.1 Å². The predicted molar refractivity (Wildman–Crippen MR) is 148 cm³/mol. The Kier molecular flexibility index (Phi) is 6.18. The van der Waals surface area contributed by atoms with Crippen LogP contribution in [0, 0.1) is 5.82 Å². The fourth-order valence-electron chi connectivity index (χ4n) is 6.02. The first-order valence-corrected chi connectivity index (χ1v) is 13.6. The van der Waals surface area contributed by atoms with Crippen LogP contribution in [-0.2, 0) is 13.1 Å². The summed E-state index contributed by atoms with van der Waals surface area (Å²) >= 11 is 0. The zero-order valence-electron chi connectivity index (χ0n) is 21.7. The van der Waals surface area contributed by atoms with Gasteiger partial charge in [0.05, 0.1) is 0 Å². The van der Waals surface area contributed by atoms with Crippen LogP contribution in [0.15, 0.2) is 72.8 Å². The van der Waals surface area contributed by atoms with Gasteiger partial charge in [-0.2, -0.15) is 0 Å². The molecule has 4 aromatic rings. The number of piperazine rings is 1. The van der Waals surface area contributed by atoms with Gasteiger partial charge in [0.2, 0.25) is 6.79 Å². The minimum Gasteiger partial charge on any atom is -0.454 e. The molecule has 0 saturated carbocycles. The van der Waals surface area contributed by atoms with Gasteiger partial charge >= 0.3 is 0 Å². The van der Waals surface area contributed by atoms with Crippen molar-refractivity contribution in [1.29, 1.82) is 0 Å². The molecule has 0 aromatic heterocycles. The number of benzene rings is 4. The largest absolute Gasteiger partial charge is 0.454 e. The fourth-order valence-corrected chi connectivity index (χ4v) is 6.02. The van der Waals surface area contributed by atoms with Crippen molar-refractivity contribution in [2.24, 2.45) is 0 Å². The maximum atomic E-state index is 13.8. The lowest BCUT2D eigenvalue weighted by atomic mass is 9.90. The summed E-state index contributed by atoms with van der Waals surface area (Å²) in [5, 5.41) is 1.90. The molecular formula is C32H30FN3O3. The van der Waals surface area contributed by atoms with Crippen LogP contribution in [0.25, 0.3) is 21.9 Å². The van der Waals surface area contributed by atoms with E-state index in [1.807, 2.05) is 23.1 Å². The van der Waals surface area contributed by atoms with Gasteiger partial charge in [-0.15, -0.1) is 0 Å². The fraction of sp³-hybridized carbons (Fsp3) is 0.281.